The number of amides is 2. The zero-order chi connectivity index (χ0) is 21.0. The second kappa shape index (κ2) is 8.26. The summed E-state index contributed by atoms with van der Waals surface area (Å²) < 4.78 is 10.5. The average Bonchev–Trinajstić information content (AvgIpc) is 3.09. The van der Waals surface area contributed by atoms with Crippen LogP contribution in [0.3, 0.4) is 0 Å². The van der Waals surface area contributed by atoms with Crippen molar-refractivity contribution in [3.05, 3.63) is 59.8 Å². The van der Waals surface area contributed by atoms with Crippen molar-refractivity contribution in [3.63, 3.8) is 0 Å². The number of H-pyrrole nitrogens is 1. The van der Waals surface area contributed by atoms with E-state index in [0.29, 0.717) is 11.4 Å². The van der Waals surface area contributed by atoms with Gasteiger partial charge in [0.05, 0.1) is 7.11 Å². The van der Waals surface area contributed by atoms with Gasteiger partial charge in [-0.1, -0.05) is 18.2 Å². The highest BCUT2D eigenvalue weighted by Gasteiger charge is 2.17. The number of methoxy groups -OCH3 is 1. The van der Waals surface area contributed by atoms with Crippen LogP contribution in [-0.4, -0.2) is 29.7 Å². The first-order chi connectivity index (χ1) is 13.7. The number of hydrogen-bond acceptors (Lipinski definition) is 4. The third kappa shape index (κ3) is 5.28. The number of fused-ring (bicyclic) bond motifs is 1. The lowest BCUT2D eigenvalue weighted by Crippen LogP contribution is -2.32. The van der Waals surface area contributed by atoms with Gasteiger partial charge in [0, 0.05) is 23.1 Å². The molecule has 7 nitrogen and oxygen atoms in total. The van der Waals surface area contributed by atoms with Crippen molar-refractivity contribution in [2.45, 2.75) is 32.9 Å². The highest BCUT2D eigenvalue weighted by molar-refractivity contribution is 6.06. The second-order valence-electron chi connectivity index (χ2n) is 7.60. The highest BCUT2D eigenvalue weighted by atomic mass is 16.6. The molecule has 0 bridgehead atoms. The molecule has 0 fully saturated rings. The summed E-state index contributed by atoms with van der Waals surface area (Å²) in [4.78, 5) is 27.7. The van der Waals surface area contributed by atoms with E-state index < -0.39 is 11.7 Å². The minimum absolute atomic E-state index is 0.231. The first kappa shape index (κ1) is 20.3. The molecule has 2 amide bonds. The zero-order valence-electron chi connectivity index (χ0n) is 17.0. The van der Waals surface area contributed by atoms with Gasteiger partial charge in [0.2, 0.25) is 0 Å². The van der Waals surface area contributed by atoms with Crippen molar-refractivity contribution in [1.29, 1.82) is 0 Å². The summed E-state index contributed by atoms with van der Waals surface area (Å²) in [6.45, 7) is 5.64. The molecule has 0 aliphatic carbocycles. The van der Waals surface area contributed by atoms with Gasteiger partial charge in [0.15, 0.2) is 0 Å². The Balaban J connectivity index is 1.71. The van der Waals surface area contributed by atoms with E-state index in [0.717, 1.165) is 22.2 Å². The highest BCUT2D eigenvalue weighted by Crippen LogP contribution is 2.23. The van der Waals surface area contributed by atoms with E-state index in [1.807, 2.05) is 36.4 Å². The molecule has 0 unspecified atom stereocenters. The third-order valence-electron chi connectivity index (χ3n) is 4.16. The predicted molar refractivity (Wildman–Crippen MR) is 112 cm³/mol. The lowest BCUT2D eigenvalue weighted by atomic mass is 10.1. The van der Waals surface area contributed by atoms with Gasteiger partial charge in [-0.3, -0.25) is 4.79 Å². The normalized spacial score (nSPS) is 11.2. The van der Waals surface area contributed by atoms with E-state index in [4.69, 9.17) is 9.47 Å². The van der Waals surface area contributed by atoms with Crippen molar-refractivity contribution >= 4 is 28.6 Å². The van der Waals surface area contributed by atoms with Gasteiger partial charge < -0.3 is 25.1 Å². The van der Waals surface area contributed by atoms with Crippen LogP contribution in [0.15, 0.2) is 48.5 Å². The molecular formula is C22H25N3O4. The maximum absolute atomic E-state index is 12.7. The number of ether oxygens (including phenoxy) is 2. The van der Waals surface area contributed by atoms with Crippen LogP contribution >= 0.6 is 0 Å². The molecule has 0 spiro atoms. The fourth-order valence-corrected chi connectivity index (χ4v) is 2.83. The summed E-state index contributed by atoms with van der Waals surface area (Å²) in [5, 5.41) is 6.49. The Labute approximate surface area is 169 Å². The molecule has 2 aromatic carbocycles. The maximum atomic E-state index is 12.7. The van der Waals surface area contributed by atoms with Gasteiger partial charge in [-0.25, -0.2) is 4.79 Å². The van der Waals surface area contributed by atoms with Gasteiger partial charge >= 0.3 is 6.09 Å². The van der Waals surface area contributed by atoms with Crippen molar-refractivity contribution < 1.29 is 19.1 Å². The Morgan fingerprint density at radius 2 is 1.83 bits per heavy atom. The molecule has 152 valence electrons. The number of aromatic amines is 1. The fourth-order valence-electron chi connectivity index (χ4n) is 2.83. The Hall–Kier alpha value is -3.48. The van der Waals surface area contributed by atoms with E-state index in [-0.39, 0.29) is 12.5 Å². The Kier molecular flexibility index (Phi) is 5.77. The van der Waals surface area contributed by atoms with Crippen LogP contribution in [0.4, 0.5) is 10.5 Å². The standard InChI is InChI=1S/C22H25N3O4/c1-22(2,3)29-21(27)23-13-14-7-5-6-8-17(14)25-20(26)19-12-15-11-16(28-4)9-10-18(15)24-19/h5-12,24H,13H2,1-4H3,(H,23,27)(H,25,26). The number of nitrogens with one attached hydrogen (secondary N) is 3. The quantitative estimate of drug-likeness (QED) is 0.595. The largest absolute Gasteiger partial charge is 0.497 e. The lowest BCUT2D eigenvalue weighted by molar-refractivity contribution is 0.0523. The SMILES string of the molecule is COc1ccc2[nH]c(C(=O)Nc3ccccc3CNC(=O)OC(C)(C)C)cc2c1. The van der Waals surface area contributed by atoms with Crippen LogP contribution in [0.25, 0.3) is 10.9 Å². The van der Waals surface area contributed by atoms with Crippen molar-refractivity contribution in [2.24, 2.45) is 0 Å². The summed E-state index contributed by atoms with van der Waals surface area (Å²) in [5.41, 5.74) is 2.09. The number of anilines is 1. The molecular weight excluding hydrogens is 370 g/mol. The molecule has 1 heterocycles. The first-order valence-corrected chi connectivity index (χ1v) is 9.28. The zero-order valence-corrected chi connectivity index (χ0v) is 17.0. The Bertz CT molecular complexity index is 1030. The van der Waals surface area contributed by atoms with Gasteiger partial charge in [-0.2, -0.15) is 0 Å². The van der Waals surface area contributed by atoms with Crippen molar-refractivity contribution in [3.8, 4) is 5.75 Å². The Morgan fingerprint density at radius 1 is 1.07 bits per heavy atom. The summed E-state index contributed by atoms with van der Waals surface area (Å²) in [5.74, 6) is 0.451. The monoisotopic (exact) mass is 395 g/mol. The average molecular weight is 395 g/mol. The van der Waals surface area contributed by atoms with E-state index in [1.54, 1.807) is 40.0 Å². The van der Waals surface area contributed by atoms with E-state index in [9.17, 15) is 9.59 Å². The van der Waals surface area contributed by atoms with Crippen LogP contribution < -0.4 is 15.4 Å². The molecule has 0 radical (unpaired) electrons. The number of hydrogen-bond donors (Lipinski definition) is 3. The molecule has 3 aromatic rings. The first-order valence-electron chi connectivity index (χ1n) is 9.28. The number of rotatable bonds is 5. The van der Waals surface area contributed by atoms with Gasteiger partial charge in [0.1, 0.15) is 17.0 Å². The van der Waals surface area contributed by atoms with E-state index in [2.05, 4.69) is 15.6 Å². The maximum Gasteiger partial charge on any atom is 0.407 e. The molecule has 29 heavy (non-hydrogen) atoms. The molecule has 7 heteroatoms. The van der Waals surface area contributed by atoms with Crippen LogP contribution in [0.1, 0.15) is 36.8 Å². The van der Waals surface area contributed by atoms with Crippen molar-refractivity contribution in [2.75, 3.05) is 12.4 Å². The van der Waals surface area contributed by atoms with Crippen LogP contribution in [-0.2, 0) is 11.3 Å². The molecule has 3 N–H and O–H groups in total. The number of benzene rings is 2. The summed E-state index contributed by atoms with van der Waals surface area (Å²) in [6, 6.07) is 14.6. The molecule has 3 rings (SSSR count). The minimum atomic E-state index is -0.573. The summed E-state index contributed by atoms with van der Waals surface area (Å²) in [6.07, 6.45) is -0.511. The minimum Gasteiger partial charge on any atom is -0.497 e. The molecule has 1 aromatic heterocycles. The summed E-state index contributed by atoms with van der Waals surface area (Å²) >= 11 is 0. The number of para-hydroxylation sites is 1. The lowest BCUT2D eigenvalue weighted by Gasteiger charge is -2.20. The molecule has 0 atom stereocenters. The number of carbonyl (C=O) groups excluding carboxylic acids is 2. The molecule has 0 aliphatic rings. The number of aromatic nitrogens is 1. The van der Waals surface area contributed by atoms with E-state index >= 15 is 0 Å². The number of carbonyl (C=O) groups is 2. The Morgan fingerprint density at radius 3 is 2.55 bits per heavy atom. The smallest absolute Gasteiger partial charge is 0.407 e. The van der Waals surface area contributed by atoms with Crippen LogP contribution in [0.2, 0.25) is 0 Å². The predicted octanol–water partition coefficient (Wildman–Crippen LogP) is 4.45. The van der Waals surface area contributed by atoms with Gasteiger partial charge in [-0.05, 0) is 56.7 Å². The second-order valence-corrected chi connectivity index (χ2v) is 7.60. The fraction of sp³-hybridized carbons (Fsp3) is 0.273. The molecule has 0 aliphatic heterocycles. The van der Waals surface area contributed by atoms with E-state index in [1.165, 1.54) is 0 Å². The summed E-state index contributed by atoms with van der Waals surface area (Å²) in [7, 11) is 1.60. The van der Waals surface area contributed by atoms with Gasteiger partial charge in [0.25, 0.3) is 5.91 Å². The van der Waals surface area contributed by atoms with Gasteiger partial charge in [-0.15, -0.1) is 0 Å². The molecule has 0 saturated heterocycles. The van der Waals surface area contributed by atoms with Crippen LogP contribution in [0, 0.1) is 0 Å². The molecule has 0 saturated carbocycles. The van der Waals surface area contributed by atoms with Crippen LogP contribution in [0.5, 0.6) is 5.75 Å². The number of alkyl carbamates (subject to hydrolysis) is 1. The van der Waals surface area contributed by atoms with Crippen molar-refractivity contribution in [1.82, 2.24) is 10.3 Å². The topological polar surface area (TPSA) is 92.5 Å². The third-order valence-corrected chi connectivity index (χ3v) is 4.16.